The lowest BCUT2D eigenvalue weighted by Crippen LogP contribution is -2.20. The van der Waals surface area contributed by atoms with E-state index in [4.69, 9.17) is 14.2 Å². The summed E-state index contributed by atoms with van der Waals surface area (Å²) >= 11 is 3.35. The van der Waals surface area contributed by atoms with E-state index in [0.29, 0.717) is 22.9 Å². The molecular formula is C17H18BrNO4. The molecule has 0 spiro atoms. The number of ether oxygens (including phenoxy) is 3. The molecule has 0 heterocycles. The number of rotatable bonds is 6. The standard InChI is InChI=1S/C17H18BrNO4/c1-11-8-14(21-2)17(15(9-11)22-3)23-10-16(20)19-13-6-4-12(18)5-7-13/h4-9H,10H2,1-3H3,(H,19,20). The van der Waals surface area contributed by atoms with Crippen LogP contribution in [0.4, 0.5) is 5.69 Å². The van der Waals surface area contributed by atoms with E-state index < -0.39 is 0 Å². The molecule has 0 bridgehead atoms. The quantitative estimate of drug-likeness (QED) is 0.829. The third kappa shape index (κ3) is 4.63. The Morgan fingerprint density at radius 1 is 1.09 bits per heavy atom. The molecule has 0 fully saturated rings. The topological polar surface area (TPSA) is 56.8 Å². The summed E-state index contributed by atoms with van der Waals surface area (Å²) in [6, 6.07) is 10.9. The fraction of sp³-hybridized carbons (Fsp3) is 0.235. The van der Waals surface area contributed by atoms with E-state index in [1.165, 1.54) is 0 Å². The van der Waals surface area contributed by atoms with Gasteiger partial charge in [0.05, 0.1) is 14.2 Å². The first-order chi connectivity index (χ1) is 11.0. The first-order valence-corrected chi connectivity index (χ1v) is 7.73. The largest absolute Gasteiger partial charge is 0.493 e. The lowest BCUT2D eigenvalue weighted by Gasteiger charge is -2.15. The van der Waals surface area contributed by atoms with Crippen molar-refractivity contribution in [2.24, 2.45) is 0 Å². The molecule has 5 nitrogen and oxygen atoms in total. The van der Waals surface area contributed by atoms with Gasteiger partial charge in [-0.15, -0.1) is 0 Å². The Morgan fingerprint density at radius 2 is 1.65 bits per heavy atom. The van der Waals surface area contributed by atoms with E-state index in [1.807, 2.05) is 31.2 Å². The zero-order valence-electron chi connectivity index (χ0n) is 13.2. The Labute approximate surface area is 143 Å². The van der Waals surface area contributed by atoms with Gasteiger partial charge >= 0.3 is 0 Å². The number of carbonyl (C=O) groups excluding carboxylic acids is 1. The summed E-state index contributed by atoms with van der Waals surface area (Å²) in [6.45, 7) is 1.78. The average Bonchev–Trinajstić information content (AvgIpc) is 2.54. The van der Waals surface area contributed by atoms with Gasteiger partial charge < -0.3 is 19.5 Å². The smallest absolute Gasteiger partial charge is 0.262 e. The fourth-order valence-corrected chi connectivity index (χ4v) is 2.29. The molecule has 0 saturated carbocycles. The lowest BCUT2D eigenvalue weighted by atomic mass is 10.2. The van der Waals surface area contributed by atoms with Crippen molar-refractivity contribution in [1.29, 1.82) is 0 Å². The summed E-state index contributed by atoms with van der Waals surface area (Å²) in [4.78, 5) is 12.0. The van der Waals surface area contributed by atoms with Crippen molar-refractivity contribution in [2.75, 3.05) is 26.1 Å². The molecule has 0 radical (unpaired) electrons. The van der Waals surface area contributed by atoms with Crippen molar-refractivity contribution < 1.29 is 19.0 Å². The Balaban J connectivity index is 2.05. The minimum atomic E-state index is -0.267. The monoisotopic (exact) mass is 379 g/mol. The Morgan fingerprint density at radius 3 is 2.17 bits per heavy atom. The molecule has 0 aliphatic heterocycles. The van der Waals surface area contributed by atoms with Gasteiger partial charge in [-0.25, -0.2) is 0 Å². The van der Waals surface area contributed by atoms with E-state index in [-0.39, 0.29) is 12.5 Å². The highest BCUT2D eigenvalue weighted by Gasteiger charge is 2.14. The summed E-state index contributed by atoms with van der Waals surface area (Å²) in [5, 5.41) is 2.76. The van der Waals surface area contributed by atoms with Crippen LogP contribution in [0.15, 0.2) is 40.9 Å². The van der Waals surface area contributed by atoms with Crippen LogP contribution in [0.25, 0.3) is 0 Å². The van der Waals surface area contributed by atoms with Crippen molar-refractivity contribution in [2.45, 2.75) is 6.92 Å². The van der Waals surface area contributed by atoms with Crippen LogP contribution in [0.1, 0.15) is 5.56 Å². The van der Waals surface area contributed by atoms with Crippen LogP contribution in [0.3, 0.4) is 0 Å². The lowest BCUT2D eigenvalue weighted by molar-refractivity contribution is -0.118. The van der Waals surface area contributed by atoms with E-state index in [0.717, 1.165) is 10.0 Å². The number of aryl methyl sites for hydroxylation is 1. The Kier molecular flexibility index (Phi) is 5.87. The normalized spacial score (nSPS) is 10.1. The number of amides is 1. The molecule has 0 aromatic heterocycles. The molecule has 0 unspecified atom stereocenters. The van der Waals surface area contributed by atoms with Gasteiger partial charge in [0.1, 0.15) is 0 Å². The highest BCUT2D eigenvalue weighted by molar-refractivity contribution is 9.10. The summed E-state index contributed by atoms with van der Waals surface area (Å²) in [6.07, 6.45) is 0. The summed E-state index contributed by atoms with van der Waals surface area (Å²) in [5.41, 5.74) is 1.68. The second kappa shape index (κ2) is 7.87. The van der Waals surface area contributed by atoms with E-state index in [1.54, 1.807) is 26.4 Å². The van der Waals surface area contributed by atoms with Gasteiger partial charge in [0.25, 0.3) is 5.91 Å². The minimum Gasteiger partial charge on any atom is -0.493 e. The molecule has 122 valence electrons. The molecule has 6 heteroatoms. The molecule has 0 aliphatic rings. The number of anilines is 1. The maximum atomic E-state index is 12.0. The van der Waals surface area contributed by atoms with Crippen LogP contribution in [-0.4, -0.2) is 26.7 Å². The summed E-state index contributed by atoms with van der Waals surface area (Å²) in [7, 11) is 3.09. The Hall–Kier alpha value is -2.21. The van der Waals surface area contributed by atoms with Crippen LogP contribution in [0.5, 0.6) is 17.2 Å². The number of hydrogen-bond acceptors (Lipinski definition) is 4. The average molecular weight is 380 g/mol. The molecule has 23 heavy (non-hydrogen) atoms. The van der Waals surface area contributed by atoms with Crippen molar-refractivity contribution in [1.82, 2.24) is 0 Å². The Bertz CT molecular complexity index is 660. The first kappa shape index (κ1) is 17.1. The van der Waals surface area contributed by atoms with E-state index in [2.05, 4.69) is 21.2 Å². The predicted molar refractivity (Wildman–Crippen MR) is 92.5 cm³/mol. The van der Waals surface area contributed by atoms with Gasteiger partial charge in [-0.1, -0.05) is 15.9 Å². The maximum Gasteiger partial charge on any atom is 0.262 e. The third-order valence-electron chi connectivity index (χ3n) is 3.08. The molecule has 2 aromatic rings. The molecule has 0 atom stereocenters. The maximum absolute atomic E-state index is 12.0. The molecule has 2 rings (SSSR count). The van der Waals surface area contributed by atoms with Crippen LogP contribution < -0.4 is 19.5 Å². The van der Waals surface area contributed by atoms with Gasteiger partial charge in [-0.05, 0) is 48.9 Å². The summed E-state index contributed by atoms with van der Waals surface area (Å²) in [5.74, 6) is 1.19. The highest BCUT2D eigenvalue weighted by atomic mass is 79.9. The molecule has 1 N–H and O–H groups in total. The van der Waals surface area contributed by atoms with Crippen LogP contribution in [0.2, 0.25) is 0 Å². The second-order valence-corrected chi connectivity index (χ2v) is 5.76. The number of halogens is 1. The van der Waals surface area contributed by atoms with Crippen molar-refractivity contribution in [3.8, 4) is 17.2 Å². The summed E-state index contributed by atoms with van der Waals surface area (Å²) < 4.78 is 17.1. The number of benzene rings is 2. The van der Waals surface area contributed by atoms with Crippen LogP contribution >= 0.6 is 15.9 Å². The molecule has 0 aliphatic carbocycles. The highest BCUT2D eigenvalue weighted by Crippen LogP contribution is 2.38. The van der Waals surface area contributed by atoms with Crippen molar-refractivity contribution in [3.63, 3.8) is 0 Å². The third-order valence-corrected chi connectivity index (χ3v) is 3.61. The zero-order valence-corrected chi connectivity index (χ0v) is 14.8. The second-order valence-electron chi connectivity index (χ2n) is 4.84. The van der Waals surface area contributed by atoms with Gasteiger partial charge in [0.15, 0.2) is 18.1 Å². The van der Waals surface area contributed by atoms with Gasteiger partial charge in [0, 0.05) is 10.2 Å². The van der Waals surface area contributed by atoms with E-state index >= 15 is 0 Å². The zero-order chi connectivity index (χ0) is 16.8. The molecular weight excluding hydrogens is 362 g/mol. The van der Waals surface area contributed by atoms with Crippen LogP contribution in [0, 0.1) is 6.92 Å². The number of methoxy groups -OCH3 is 2. The molecule has 0 saturated heterocycles. The van der Waals surface area contributed by atoms with E-state index in [9.17, 15) is 4.79 Å². The number of nitrogens with one attached hydrogen (secondary N) is 1. The number of carbonyl (C=O) groups is 1. The SMILES string of the molecule is COc1cc(C)cc(OC)c1OCC(=O)Nc1ccc(Br)cc1. The van der Waals surface area contributed by atoms with Gasteiger partial charge in [-0.2, -0.15) is 0 Å². The minimum absolute atomic E-state index is 0.147. The number of hydrogen-bond donors (Lipinski definition) is 1. The fourth-order valence-electron chi connectivity index (χ4n) is 2.02. The van der Waals surface area contributed by atoms with Crippen molar-refractivity contribution in [3.05, 3.63) is 46.4 Å². The predicted octanol–water partition coefficient (Wildman–Crippen LogP) is 3.79. The van der Waals surface area contributed by atoms with Crippen LogP contribution in [-0.2, 0) is 4.79 Å². The van der Waals surface area contributed by atoms with Crippen molar-refractivity contribution >= 4 is 27.5 Å². The van der Waals surface area contributed by atoms with Gasteiger partial charge in [-0.3, -0.25) is 4.79 Å². The molecule has 1 amide bonds. The molecule has 2 aromatic carbocycles. The first-order valence-electron chi connectivity index (χ1n) is 6.94. The van der Waals surface area contributed by atoms with Gasteiger partial charge in [0.2, 0.25) is 5.75 Å².